The lowest BCUT2D eigenvalue weighted by molar-refractivity contribution is -0.138. The molecule has 0 saturated carbocycles. The summed E-state index contributed by atoms with van der Waals surface area (Å²) in [6, 6.07) is 13.9. The van der Waals surface area contributed by atoms with Crippen molar-refractivity contribution < 1.29 is 28.2 Å². The van der Waals surface area contributed by atoms with Gasteiger partial charge in [-0.2, -0.15) is 10.2 Å². The molecule has 0 spiro atoms. The fraction of sp³-hybridized carbons (Fsp3) is 0.414. The Morgan fingerprint density at radius 1 is 1.07 bits per heavy atom. The van der Waals surface area contributed by atoms with Gasteiger partial charge in [-0.25, -0.2) is 18.7 Å². The maximum Gasteiger partial charge on any atom is 0.248 e. The number of halogens is 2. The Bertz CT molecular complexity index is 1440. The van der Waals surface area contributed by atoms with E-state index in [9.17, 15) is 18.8 Å². The van der Waals surface area contributed by atoms with Crippen LogP contribution in [0.3, 0.4) is 0 Å². The zero-order chi connectivity index (χ0) is 29.6. The van der Waals surface area contributed by atoms with Crippen LogP contribution >= 0.6 is 0 Å². The number of anilines is 2. The van der Waals surface area contributed by atoms with Crippen LogP contribution in [-0.2, 0) is 4.79 Å². The molecule has 13 heteroatoms. The molecule has 1 aromatic heterocycles. The first-order chi connectivity index (χ1) is 20.3. The summed E-state index contributed by atoms with van der Waals surface area (Å²) in [6.07, 6.45) is -1.63. The zero-order valence-electron chi connectivity index (χ0n) is 23.0. The molecule has 11 nitrogen and oxygen atoms in total. The molecule has 0 radical (unpaired) electrons. The minimum absolute atomic E-state index is 0.180. The lowest BCUT2D eigenvalue weighted by atomic mass is 10.0. The molecule has 0 unspecified atom stereocenters. The molecule has 2 aliphatic rings. The number of alkyl halides is 2. The van der Waals surface area contributed by atoms with Crippen LogP contribution in [0.15, 0.2) is 48.8 Å². The van der Waals surface area contributed by atoms with E-state index >= 15 is 0 Å². The van der Waals surface area contributed by atoms with Gasteiger partial charge in [0.05, 0.1) is 12.1 Å². The molecular weight excluding hydrogens is 548 g/mol. The maximum absolute atomic E-state index is 14.7. The Hall–Kier alpha value is -4.41. The lowest BCUT2D eigenvalue weighted by Crippen LogP contribution is -2.50. The lowest BCUT2D eigenvalue weighted by Gasteiger charge is -2.34. The largest absolute Gasteiger partial charge is 0.487 e. The van der Waals surface area contributed by atoms with Gasteiger partial charge in [0.15, 0.2) is 12.0 Å². The Balaban J connectivity index is 1.22. The van der Waals surface area contributed by atoms with Crippen LogP contribution < -0.4 is 14.8 Å². The van der Waals surface area contributed by atoms with Crippen molar-refractivity contribution in [2.24, 2.45) is 0 Å². The number of carbonyl (C=O) groups is 1. The molecule has 1 amide bonds. The number of benzene rings is 2. The summed E-state index contributed by atoms with van der Waals surface area (Å²) >= 11 is 0. The molecule has 2 fully saturated rings. The van der Waals surface area contributed by atoms with Crippen molar-refractivity contribution in [2.45, 2.75) is 37.4 Å². The van der Waals surface area contributed by atoms with Crippen molar-refractivity contribution in [1.29, 1.82) is 5.26 Å². The molecule has 2 aliphatic heterocycles. The Morgan fingerprint density at radius 2 is 1.81 bits per heavy atom. The third-order valence-electron chi connectivity index (χ3n) is 7.26. The van der Waals surface area contributed by atoms with E-state index in [1.807, 2.05) is 11.9 Å². The Labute approximate surface area is 241 Å². The smallest absolute Gasteiger partial charge is 0.248 e. The van der Waals surface area contributed by atoms with Gasteiger partial charge in [0.2, 0.25) is 11.9 Å². The van der Waals surface area contributed by atoms with Gasteiger partial charge in [-0.05, 0) is 55.9 Å². The van der Waals surface area contributed by atoms with Crippen molar-refractivity contribution in [1.82, 2.24) is 24.8 Å². The van der Waals surface area contributed by atoms with Crippen LogP contribution in [0.4, 0.5) is 20.4 Å². The molecule has 5 rings (SSSR count). The molecular formula is C29H31F2N7O4. The summed E-state index contributed by atoms with van der Waals surface area (Å²) in [5, 5.41) is 21.8. The van der Waals surface area contributed by atoms with Gasteiger partial charge >= 0.3 is 0 Å². The van der Waals surface area contributed by atoms with E-state index in [4.69, 9.17) is 14.6 Å². The summed E-state index contributed by atoms with van der Waals surface area (Å²) in [6.45, 7) is 0.526. The number of nitriles is 1. The van der Waals surface area contributed by atoms with Gasteiger partial charge in [-0.1, -0.05) is 0 Å². The predicted molar refractivity (Wildman–Crippen MR) is 149 cm³/mol. The summed E-state index contributed by atoms with van der Waals surface area (Å²) in [5.41, 5.74) is 1.40. The van der Waals surface area contributed by atoms with Crippen LogP contribution in [0, 0.1) is 11.3 Å². The third-order valence-corrected chi connectivity index (χ3v) is 7.26. The molecule has 4 atom stereocenters. The van der Waals surface area contributed by atoms with Gasteiger partial charge in [0.1, 0.15) is 48.9 Å². The first kappa shape index (κ1) is 29.1. The maximum atomic E-state index is 14.7. The monoisotopic (exact) mass is 579 g/mol. The molecule has 220 valence electrons. The van der Waals surface area contributed by atoms with E-state index in [1.165, 1.54) is 11.2 Å². The number of likely N-dealkylation sites (tertiary alicyclic amines) is 2. The quantitative estimate of drug-likeness (QED) is 0.410. The number of aliphatic hydroxyl groups excluding tert-OH is 1. The van der Waals surface area contributed by atoms with Crippen LogP contribution in [0.1, 0.15) is 18.4 Å². The fourth-order valence-electron chi connectivity index (χ4n) is 4.95. The van der Waals surface area contributed by atoms with Crippen molar-refractivity contribution in [2.75, 3.05) is 45.2 Å². The molecule has 2 N–H and O–H groups in total. The van der Waals surface area contributed by atoms with Gasteiger partial charge in [-0.3, -0.25) is 4.79 Å². The van der Waals surface area contributed by atoms with Gasteiger partial charge in [0, 0.05) is 37.3 Å². The number of amides is 1. The van der Waals surface area contributed by atoms with Crippen LogP contribution in [0.2, 0.25) is 0 Å². The number of aliphatic hydroxyl groups is 1. The predicted octanol–water partition coefficient (Wildman–Crippen LogP) is 2.88. The van der Waals surface area contributed by atoms with Crippen LogP contribution in [-0.4, -0.2) is 100 Å². The second-order valence-corrected chi connectivity index (χ2v) is 10.3. The second-order valence-electron chi connectivity index (χ2n) is 10.3. The number of nitrogens with one attached hydrogen (secondary N) is 1. The number of aromatic nitrogens is 3. The zero-order valence-corrected chi connectivity index (χ0v) is 23.0. The summed E-state index contributed by atoms with van der Waals surface area (Å²) in [5.74, 6) is 0.838. The molecule has 0 bridgehead atoms. The number of carbonyl (C=O) groups excluding carboxylic acids is 1. The molecule has 0 aliphatic carbocycles. The van der Waals surface area contributed by atoms with E-state index in [1.54, 1.807) is 42.5 Å². The minimum atomic E-state index is -1.46. The van der Waals surface area contributed by atoms with Crippen molar-refractivity contribution in [3.8, 4) is 29.0 Å². The van der Waals surface area contributed by atoms with Crippen molar-refractivity contribution in [3.63, 3.8) is 0 Å². The van der Waals surface area contributed by atoms with Gasteiger partial charge in [-0.15, -0.1) is 0 Å². The molecule has 2 saturated heterocycles. The highest BCUT2D eigenvalue weighted by molar-refractivity contribution is 5.77. The standard InChI is InChI=1S/C29H31F2N7O4/c1-37-10-8-25(22(30)14-37)41-21-5-3-20(4-6-21)35-29-34-17-33-28(36-29)18-2-7-24(19(12-18)13-32)42-26-9-11-38(15-23(26)31)27(40)16-39/h2-7,12,17,22-23,25-26,39H,8-11,14-16H2,1H3,(H,33,34,35,36)/t22-,23-,25+,26+/m1/s1. The normalized spacial score (nSPS) is 22.7. The van der Waals surface area contributed by atoms with E-state index in [2.05, 4.69) is 26.3 Å². The number of piperidine rings is 2. The van der Waals surface area contributed by atoms with Crippen molar-refractivity contribution in [3.05, 3.63) is 54.4 Å². The average molecular weight is 580 g/mol. The van der Waals surface area contributed by atoms with E-state index < -0.39 is 37.1 Å². The number of ether oxygens (including phenoxy) is 2. The summed E-state index contributed by atoms with van der Waals surface area (Å²) in [4.78, 5) is 27.7. The summed E-state index contributed by atoms with van der Waals surface area (Å²) in [7, 11) is 1.89. The number of nitrogens with zero attached hydrogens (tertiary/aromatic N) is 6. The third kappa shape index (κ3) is 6.89. The Kier molecular flexibility index (Phi) is 9.04. The first-order valence-corrected chi connectivity index (χ1v) is 13.6. The minimum Gasteiger partial charge on any atom is -0.487 e. The molecule has 3 heterocycles. The number of hydrogen-bond acceptors (Lipinski definition) is 10. The highest BCUT2D eigenvalue weighted by Crippen LogP contribution is 2.29. The van der Waals surface area contributed by atoms with Gasteiger partial charge < -0.3 is 29.7 Å². The van der Waals surface area contributed by atoms with E-state index in [0.717, 1.165) is 6.54 Å². The topological polar surface area (TPSA) is 137 Å². The average Bonchev–Trinajstić information content (AvgIpc) is 3.00. The van der Waals surface area contributed by atoms with Gasteiger partial charge in [0.25, 0.3) is 0 Å². The fourth-order valence-corrected chi connectivity index (χ4v) is 4.95. The summed E-state index contributed by atoms with van der Waals surface area (Å²) < 4.78 is 40.7. The highest BCUT2D eigenvalue weighted by atomic mass is 19.1. The van der Waals surface area contributed by atoms with Crippen LogP contribution in [0.25, 0.3) is 11.4 Å². The number of hydrogen-bond donors (Lipinski definition) is 2. The van der Waals surface area contributed by atoms with E-state index in [-0.39, 0.29) is 36.8 Å². The van der Waals surface area contributed by atoms with Crippen molar-refractivity contribution >= 4 is 17.5 Å². The molecule has 2 aromatic carbocycles. The second kappa shape index (κ2) is 13.1. The van der Waals surface area contributed by atoms with Crippen LogP contribution in [0.5, 0.6) is 11.5 Å². The number of rotatable bonds is 8. The Morgan fingerprint density at radius 3 is 2.52 bits per heavy atom. The van der Waals surface area contributed by atoms with E-state index in [0.29, 0.717) is 35.8 Å². The SMILES string of the molecule is CN1CC[C@H](Oc2ccc(Nc3ncnc(-c4ccc(O[C@H]5CCN(C(=O)CO)C[C@H]5F)c(C#N)c4)n3)cc2)[C@H](F)C1. The molecule has 3 aromatic rings. The highest BCUT2D eigenvalue weighted by Gasteiger charge is 2.33. The first-order valence-electron chi connectivity index (χ1n) is 13.6. The molecule has 42 heavy (non-hydrogen) atoms.